The second-order valence-corrected chi connectivity index (χ2v) is 4.30. The van der Waals surface area contributed by atoms with E-state index in [2.05, 4.69) is 5.32 Å². The third-order valence-electron chi connectivity index (χ3n) is 2.50. The summed E-state index contributed by atoms with van der Waals surface area (Å²) in [6, 6.07) is 4.69. The number of unbranched alkanes of at least 4 members (excludes halogenated alkanes) is 1. The van der Waals surface area contributed by atoms with Gasteiger partial charge in [0, 0.05) is 18.4 Å². The Hall–Kier alpha value is -1.62. The molecule has 1 N–H and O–H groups in total. The Labute approximate surface area is 110 Å². The number of nitrogens with one attached hydrogen (secondary N) is 1. The van der Waals surface area contributed by atoms with Crippen LogP contribution in [0.4, 0.5) is 11.4 Å². The molecule has 0 saturated heterocycles. The lowest BCUT2D eigenvalue weighted by atomic mass is 10.1. The van der Waals surface area contributed by atoms with Crippen molar-refractivity contribution in [3.8, 4) is 0 Å². The van der Waals surface area contributed by atoms with Gasteiger partial charge in [-0.25, -0.2) is 0 Å². The van der Waals surface area contributed by atoms with Crippen molar-refractivity contribution in [3.05, 3.63) is 33.9 Å². The van der Waals surface area contributed by atoms with Crippen LogP contribution in [0.15, 0.2) is 18.2 Å². The standard InChI is InChI=1S/C12H15ClN2O3/c1-9-5-4-6-10(15(17)18)12(9)14-11(16)7-2-3-8-13/h4-6H,2-3,7-8H2,1H3,(H,14,16). The predicted octanol–water partition coefficient (Wildman–Crippen LogP) is 3.25. The van der Waals surface area contributed by atoms with Crippen LogP contribution in [0.3, 0.4) is 0 Å². The van der Waals surface area contributed by atoms with Crippen molar-refractivity contribution in [2.75, 3.05) is 11.2 Å². The largest absolute Gasteiger partial charge is 0.320 e. The maximum Gasteiger partial charge on any atom is 0.293 e. The van der Waals surface area contributed by atoms with Gasteiger partial charge < -0.3 is 5.32 Å². The summed E-state index contributed by atoms with van der Waals surface area (Å²) in [7, 11) is 0. The Kier molecular flexibility index (Phi) is 5.58. The van der Waals surface area contributed by atoms with Crippen molar-refractivity contribution in [1.82, 2.24) is 0 Å². The molecule has 0 atom stereocenters. The van der Waals surface area contributed by atoms with E-state index in [1.54, 1.807) is 19.1 Å². The van der Waals surface area contributed by atoms with Gasteiger partial charge >= 0.3 is 0 Å². The van der Waals surface area contributed by atoms with Crippen molar-refractivity contribution in [2.45, 2.75) is 26.2 Å². The van der Waals surface area contributed by atoms with E-state index < -0.39 is 4.92 Å². The summed E-state index contributed by atoms with van der Waals surface area (Å²) in [4.78, 5) is 22.0. The van der Waals surface area contributed by atoms with E-state index in [9.17, 15) is 14.9 Å². The fourth-order valence-electron chi connectivity index (χ4n) is 1.55. The Balaban J connectivity index is 2.77. The number of rotatable bonds is 6. The Morgan fingerprint density at radius 2 is 2.17 bits per heavy atom. The highest BCUT2D eigenvalue weighted by molar-refractivity contribution is 6.17. The van der Waals surface area contributed by atoms with Gasteiger partial charge in [-0.15, -0.1) is 11.6 Å². The maximum atomic E-state index is 11.6. The van der Waals surface area contributed by atoms with Gasteiger partial charge in [0.05, 0.1) is 4.92 Å². The summed E-state index contributed by atoms with van der Waals surface area (Å²) in [5.74, 6) is 0.287. The number of para-hydroxylation sites is 1. The zero-order chi connectivity index (χ0) is 13.5. The minimum absolute atomic E-state index is 0.0827. The average molecular weight is 271 g/mol. The first-order valence-electron chi connectivity index (χ1n) is 5.66. The van der Waals surface area contributed by atoms with Crippen molar-refractivity contribution in [3.63, 3.8) is 0 Å². The quantitative estimate of drug-likeness (QED) is 0.373. The normalized spacial score (nSPS) is 10.1. The topological polar surface area (TPSA) is 72.2 Å². The van der Waals surface area contributed by atoms with Crippen LogP contribution in [-0.2, 0) is 4.79 Å². The van der Waals surface area contributed by atoms with Crippen LogP contribution >= 0.6 is 11.6 Å². The van der Waals surface area contributed by atoms with Gasteiger partial charge in [0.1, 0.15) is 5.69 Å². The van der Waals surface area contributed by atoms with Gasteiger partial charge in [0.2, 0.25) is 5.91 Å². The summed E-state index contributed by atoms with van der Waals surface area (Å²) < 4.78 is 0. The van der Waals surface area contributed by atoms with E-state index in [-0.39, 0.29) is 17.3 Å². The molecular weight excluding hydrogens is 256 g/mol. The molecule has 1 aromatic carbocycles. The number of benzene rings is 1. The minimum Gasteiger partial charge on any atom is -0.320 e. The number of aryl methyl sites for hydroxylation is 1. The second kappa shape index (κ2) is 6.96. The number of carbonyl (C=O) groups excluding carboxylic acids is 1. The van der Waals surface area contributed by atoms with Crippen LogP contribution in [0.1, 0.15) is 24.8 Å². The molecule has 0 aromatic heterocycles. The van der Waals surface area contributed by atoms with Gasteiger partial charge in [-0.2, -0.15) is 0 Å². The van der Waals surface area contributed by atoms with E-state index >= 15 is 0 Å². The molecule has 0 bridgehead atoms. The Morgan fingerprint density at radius 1 is 1.44 bits per heavy atom. The molecule has 0 spiro atoms. The monoisotopic (exact) mass is 270 g/mol. The molecular formula is C12H15ClN2O3. The number of carbonyl (C=O) groups is 1. The summed E-state index contributed by atoms with van der Waals surface area (Å²) in [6.45, 7) is 1.72. The number of halogens is 1. The summed E-state index contributed by atoms with van der Waals surface area (Å²) >= 11 is 5.52. The fraction of sp³-hybridized carbons (Fsp3) is 0.417. The number of hydrogen-bond acceptors (Lipinski definition) is 3. The molecule has 0 radical (unpaired) electrons. The maximum absolute atomic E-state index is 11.6. The number of amides is 1. The fourth-order valence-corrected chi connectivity index (χ4v) is 1.74. The van der Waals surface area contributed by atoms with Crippen LogP contribution < -0.4 is 5.32 Å². The third kappa shape index (κ3) is 4.00. The molecule has 18 heavy (non-hydrogen) atoms. The van der Waals surface area contributed by atoms with Crippen LogP contribution in [-0.4, -0.2) is 16.7 Å². The Bertz CT molecular complexity index is 449. The van der Waals surface area contributed by atoms with Crippen molar-refractivity contribution in [1.29, 1.82) is 0 Å². The first-order valence-corrected chi connectivity index (χ1v) is 6.19. The molecule has 0 saturated carbocycles. The van der Waals surface area contributed by atoms with Gasteiger partial charge in [-0.3, -0.25) is 14.9 Å². The van der Waals surface area contributed by atoms with Gasteiger partial charge in [0.25, 0.3) is 5.69 Å². The molecule has 0 aliphatic carbocycles. The third-order valence-corrected chi connectivity index (χ3v) is 2.77. The molecule has 6 heteroatoms. The summed E-state index contributed by atoms with van der Waals surface area (Å²) in [6.07, 6.45) is 1.75. The number of hydrogen-bond donors (Lipinski definition) is 1. The molecule has 98 valence electrons. The van der Waals surface area contributed by atoms with Crippen LogP contribution in [0.25, 0.3) is 0 Å². The van der Waals surface area contributed by atoms with E-state index in [1.807, 2.05) is 0 Å². The molecule has 1 aromatic rings. The number of anilines is 1. The number of nitro benzene ring substituents is 1. The highest BCUT2D eigenvalue weighted by Crippen LogP contribution is 2.27. The molecule has 0 aliphatic heterocycles. The van der Waals surface area contributed by atoms with Gasteiger partial charge in [-0.1, -0.05) is 12.1 Å². The first-order chi connectivity index (χ1) is 8.56. The van der Waals surface area contributed by atoms with E-state index in [4.69, 9.17) is 11.6 Å². The number of alkyl halides is 1. The number of nitro groups is 1. The van der Waals surface area contributed by atoms with Gasteiger partial charge in [-0.05, 0) is 25.3 Å². The van der Waals surface area contributed by atoms with Crippen molar-refractivity contribution in [2.24, 2.45) is 0 Å². The minimum atomic E-state index is -0.499. The zero-order valence-corrected chi connectivity index (χ0v) is 10.9. The number of nitrogens with zero attached hydrogens (tertiary/aromatic N) is 1. The van der Waals surface area contributed by atoms with Gasteiger partial charge in [0.15, 0.2) is 0 Å². The highest BCUT2D eigenvalue weighted by atomic mass is 35.5. The molecule has 5 nitrogen and oxygen atoms in total. The first kappa shape index (κ1) is 14.4. The molecule has 0 fully saturated rings. The lowest BCUT2D eigenvalue weighted by Gasteiger charge is -2.08. The second-order valence-electron chi connectivity index (χ2n) is 3.92. The summed E-state index contributed by atoms with van der Waals surface area (Å²) in [5.41, 5.74) is 0.869. The average Bonchev–Trinajstić information content (AvgIpc) is 2.31. The molecule has 0 unspecified atom stereocenters. The van der Waals surface area contributed by atoms with Crippen LogP contribution in [0, 0.1) is 17.0 Å². The molecule has 0 heterocycles. The Morgan fingerprint density at radius 3 is 2.78 bits per heavy atom. The molecule has 1 amide bonds. The lowest BCUT2D eigenvalue weighted by molar-refractivity contribution is -0.384. The highest BCUT2D eigenvalue weighted by Gasteiger charge is 2.17. The van der Waals surface area contributed by atoms with Crippen LogP contribution in [0.5, 0.6) is 0 Å². The lowest BCUT2D eigenvalue weighted by Crippen LogP contribution is -2.13. The molecule has 1 rings (SSSR count). The SMILES string of the molecule is Cc1cccc([N+](=O)[O-])c1NC(=O)CCCCCl. The van der Waals surface area contributed by atoms with Crippen molar-refractivity contribution >= 4 is 28.9 Å². The zero-order valence-electron chi connectivity index (χ0n) is 10.1. The summed E-state index contributed by atoms with van der Waals surface area (Å²) in [5, 5.41) is 13.4. The van der Waals surface area contributed by atoms with Crippen LogP contribution in [0.2, 0.25) is 0 Å². The molecule has 0 aliphatic rings. The predicted molar refractivity (Wildman–Crippen MR) is 71.0 cm³/mol. The van der Waals surface area contributed by atoms with E-state index in [1.165, 1.54) is 6.07 Å². The van der Waals surface area contributed by atoms with E-state index in [0.717, 1.165) is 6.42 Å². The van der Waals surface area contributed by atoms with Crippen molar-refractivity contribution < 1.29 is 9.72 Å². The smallest absolute Gasteiger partial charge is 0.293 e. The van der Waals surface area contributed by atoms with E-state index in [0.29, 0.717) is 24.3 Å².